The van der Waals surface area contributed by atoms with E-state index in [0.717, 1.165) is 18.8 Å². The van der Waals surface area contributed by atoms with Crippen LogP contribution in [-0.2, 0) is 0 Å². The van der Waals surface area contributed by atoms with Crippen LogP contribution in [0.5, 0.6) is 0 Å². The largest absolute Gasteiger partial charge is 0.365 e. The fourth-order valence-electron chi connectivity index (χ4n) is 2.48. The van der Waals surface area contributed by atoms with Crippen molar-refractivity contribution in [3.63, 3.8) is 0 Å². The summed E-state index contributed by atoms with van der Waals surface area (Å²) in [6.45, 7) is 8.47. The van der Waals surface area contributed by atoms with E-state index in [9.17, 15) is 4.39 Å². The van der Waals surface area contributed by atoms with Crippen LogP contribution in [0.15, 0.2) is 22.7 Å². The van der Waals surface area contributed by atoms with E-state index in [1.807, 2.05) is 6.07 Å². The van der Waals surface area contributed by atoms with Crippen LogP contribution >= 0.6 is 15.9 Å². The van der Waals surface area contributed by atoms with Crippen LogP contribution in [0.2, 0.25) is 0 Å². The standard InChI is InChI=1S/C14H20BrFN2/c1-9(2)14-7-17-10(3)8-18(14)11-4-5-12(15)13(16)6-11/h4-6,9-10,14,17H,7-8H2,1-3H3. The summed E-state index contributed by atoms with van der Waals surface area (Å²) in [5.74, 6) is 0.345. The van der Waals surface area contributed by atoms with E-state index < -0.39 is 0 Å². The van der Waals surface area contributed by atoms with Gasteiger partial charge < -0.3 is 10.2 Å². The Bertz CT molecular complexity index is 422. The van der Waals surface area contributed by atoms with Crippen LogP contribution in [0.3, 0.4) is 0 Å². The van der Waals surface area contributed by atoms with Gasteiger partial charge in [-0.2, -0.15) is 0 Å². The summed E-state index contributed by atoms with van der Waals surface area (Å²) in [6.07, 6.45) is 0. The van der Waals surface area contributed by atoms with Gasteiger partial charge in [0.25, 0.3) is 0 Å². The molecule has 4 heteroatoms. The van der Waals surface area contributed by atoms with Crippen LogP contribution in [0.1, 0.15) is 20.8 Å². The molecule has 0 radical (unpaired) electrons. The molecule has 0 spiro atoms. The Balaban J connectivity index is 2.29. The molecule has 0 bridgehead atoms. The van der Waals surface area contributed by atoms with Gasteiger partial charge in [-0.05, 0) is 47.0 Å². The van der Waals surface area contributed by atoms with Gasteiger partial charge in [0, 0.05) is 30.9 Å². The number of benzene rings is 1. The minimum atomic E-state index is -0.193. The van der Waals surface area contributed by atoms with Crippen LogP contribution in [0.25, 0.3) is 0 Å². The molecule has 0 aliphatic carbocycles. The minimum absolute atomic E-state index is 0.193. The van der Waals surface area contributed by atoms with E-state index in [1.54, 1.807) is 12.1 Å². The summed E-state index contributed by atoms with van der Waals surface area (Å²) in [4.78, 5) is 2.32. The van der Waals surface area contributed by atoms with Crippen molar-refractivity contribution in [1.29, 1.82) is 0 Å². The lowest BCUT2D eigenvalue weighted by atomic mass is 9.98. The number of nitrogens with one attached hydrogen (secondary N) is 1. The third-order valence-electron chi connectivity index (χ3n) is 3.55. The highest BCUT2D eigenvalue weighted by molar-refractivity contribution is 9.10. The number of anilines is 1. The van der Waals surface area contributed by atoms with Gasteiger partial charge in [0.15, 0.2) is 0 Å². The third-order valence-corrected chi connectivity index (χ3v) is 4.19. The molecule has 1 fully saturated rings. The Morgan fingerprint density at radius 3 is 2.78 bits per heavy atom. The van der Waals surface area contributed by atoms with Crippen molar-refractivity contribution >= 4 is 21.6 Å². The van der Waals surface area contributed by atoms with E-state index in [1.165, 1.54) is 0 Å². The van der Waals surface area contributed by atoms with Gasteiger partial charge in [-0.25, -0.2) is 4.39 Å². The maximum Gasteiger partial charge on any atom is 0.139 e. The average molecular weight is 315 g/mol. The average Bonchev–Trinajstić information content (AvgIpc) is 2.32. The molecule has 2 rings (SSSR count). The first kappa shape index (κ1) is 13.8. The summed E-state index contributed by atoms with van der Waals surface area (Å²) in [5, 5.41) is 3.49. The van der Waals surface area contributed by atoms with Crippen molar-refractivity contribution in [2.24, 2.45) is 5.92 Å². The fourth-order valence-corrected chi connectivity index (χ4v) is 2.73. The zero-order valence-electron chi connectivity index (χ0n) is 11.1. The number of halogens is 2. The highest BCUT2D eigenvalue weighted by atomic mass is 79.9. The second-order valence-corrected chi connectivity index (χ2v) is 6.23. The lowest BCUT2D eigenvalue weighted by Crippen LogP contribution is -2.57. The van der Waals surface area contributed by atoms with Crippen LogP contribution in [0, 0.1) is 11.7 Å². The highest BCUT2D eigenvalue weighted by Gasteiger charge is 2.28. The van der Waals surface area contributed by atoms with Gasteiger partial charge in [-0.1, -0.05) is 13.8 Å². The number of hydrogen-bond acceptors (Lipinski definition) is 2. The van der Waals surface area contributed by atoms with Gasteiger partial charge in [0.05, 0.1) is 4.47 Å². The molecule has 1 N–H and O–H groups in total. The Morgan fingerprint density at radius 2 is 2.17 bits per heavy atom. The summed E-state index contributed by atoms with van der Waals surface area (Å²) in [7, 11) is 0. The Labute approximate surface area is 117 Å². The quantitative estimate of drug-likeness (QED) is 0.900. The molecule has 0 aromatic heterocycles. The summed E-state index contributed by atoms with van der Waals surface area (Å²) >= 11 is 3.20. The molecular weight excluding hydrogens is 295 g/mol. The number of piperazine rings is 1. The normalized spacial score (nSPS) is 24.7. The van der Waals surface area contributed by atoms with E-state index in [-0.39, 0.29) is 5.82 Å². The Morgan fingerprint density at radius 1 is 1.44 bits per heavy atom. The second kappa shape index (κ2) is 5.57. The van der Waals surface area contributed by atoms with Crippen LogP contribution in [0.4, 0.5) is 10.1 Å². The first-order valence-electron chi connectivity index (χ1n) is 6.44. The van der Waals surface area contributed by atoms with Gasteiger partial charge >= 0.3 is 0 Å². The molecule has 100 valence electrons. The molecule has 1 aliphatic heterocycles. The monoisotopic (exact) mass is 314 g/mol. The predicted molar refractivity (Wildman–Crippen MR) is 77.5 cm³/mol. The Kier molecular flexibility index (Phi) is 4.28. The van der Waals surface area contributed by atoms with Crippen molar-refractivity contribution in [1.82, 2.24) is 5.32 Å². The zero-order valence-corrected chi connectivity index (χ0v) is 12.7. The molecular formula is C14H20BrFN2. The third kappa shape index (κ3) is 2.86. The second-order valence-electron chi connectivity index (χ2n) is 5.37. The molecule has 1 heterocycles. The maximum absolute atomic E-state index is 13.7. The van der Waals surface area contributed by atoms with E-state index >= 15 is 0 Å². The topological polar surface area (TPSA) is 15.3 Å². The molecule has 0 saturated carbocycles. The lowest BCUT2D eigenvalue weighted by molar-refractivity contribution is 0.349. The fraction of sp³-hybridized carbons (Fsp3) is 0.571. The summed E-state index contributed by atoms with van der Waals surface area (Å²) in [5.41, 5.74) is 0.975. The first-order valence-corrected chi connectivity index (χ1v) is 7.23. The Hall–Kier alpha value is -0.610. The molecule has 1 aromatic carbocycles. The number of hydrogen-bond donors (Lipinski definition) is 1. The smallest absolute Gasteiger partial charge is 0.139 e. The molecule has 1 aliphatic rings. The van der Waals surface area contributed by atoms with E-state index in [0.29, 0.717) is 22.5 Å². The summed E-state index contributed by atoms with van der Waals surface area (Å²) < 4.78 is 14.2. The van der Waals surface area contributed by atoms with E-state index in [4.69, 9.17) is 0 Å². The van der Waals surface area contributed by atoms with Crippen molar-refractivity contribution < 1.29 is 4.39 Å². The van der Waals surface area contributed by atoms with Gasteiger partial charge in [0.1, 0.15) is 5.82 Å². The van der Waals surface area contributed by atoms with Gasteiger partial charge in [0.2, 0.25) is 0 Å². The van der Waals surface area contributed by atoms with Gasteiger partial charge in [-0.15, -0.1) is 0 Å². The highest BCUT2D eigenvalue weighted by Crippen LogP contribution is 2.27. The van der Waals surface area contributed by atoms with E-state index in [2.05, 4.69) is 46.9 Å². The SMILES string of the molecule is CC1CN(c2ccc(Br)c(F)c2)C(C(C)C)CN1. The molecule has 2 unspecified atom stereocenters. The maximum atomic E-state index is 13.7. The van der Waals surface area contributed by atoms with Gasteiger partial charge in [-0.3, -0.25) is 0 Å². The van der Waals surface area contributed by atoms with Crippen molar-refractivity contribution in [3.05, 3.63) is 28.5 Å². The predicted octanol–water partition coefficient (Wildman–Crippen LogP) is 3.41. The molecule has 0 amide bonds. The zero-order chi connectivity index (χ0) is 13.3. The molecule has 1 aromatic rings. The minimum Gasteiger partial charge on any atom is -0.365 e. The lowest BCUT2D eigenvalue weighted by Gasteiger charge is -2.43. The van der Waals surface area contributed by atoms with Crippen LogP contribution in [-0.4, -0.2) is 25.2 Å². The molecule has 2 nitrogen and oxygen atoms in total. The number of nitrogens with zero attached hydrogens (tertiary/aromatic N) is 1. The van der Waals surface area contributed by atoms with Crippen LogP contribution < -0.4 is 10.2 Å². The number of rotatable bonds is 2. The molecule has 2 atom stereocenters. The van der Waals surface area contributed by atoms with Crippen molar-refractivity contribution in [2.75, 3.05) is 18.0 Å². The van der Waals surface area contributed by atoms with Crippen molar-refractivity contribution in [3.8, 4) is 0 Å². The molecule has 18 heavy (non-hydrogen) atoms. The van der Waals surface area contributed by atoms with Crippen molar-refractivity contribution in [2.45, 2.75) is 32.9 Å². The first-order chi connectivity index (χ1) is 8.49. The summed E-state index contributed by atoms with van der Waals surface area (Å²) in [6, 6.07) is 6.25. The molecule has 1 saturated heterocycles.